The van der Waals surface area contributed by atoms with Gasteiger partial charge in [0.2, 0.25) is 0 Å². The van der Waals surface area contributed by atoms with Gasteiger partial charge in [-0.2, -0.15) is 0 Å². The molecule has 0 saturated carbocycles. The monoisotopic (exact) mass is 212 g/mol. The Morgan fingerprint density at radius 1 is 1.27 bits per heavy atom. The molecule has 0 aromatic carbocycles. The van der Waals surface area contributed by atoms with E-state index in [0.29, 0.717) is 12.2 Å². The SMILES string of the molecule is C=C(C)C[N+](C)(C)CCOC(=O)C(=C)C. The largest absolute Gasteiger partial charge is 0.456 e. The first-order chi connectivity index (χ1) is 6.74. The second-order valence-corrected chi connectivity index (χ2v) is 4.69. The van der Waals surface area contributed by atoms with E-state index < -0.39 is 0 Å². The van der Waals surface area contributed by atoms with E-state index in [9.17, 15) is 4.79 Å². The summed E-state index contributed by atoms with van der Waals surface area (Å²) >= 11 is 0. The molecule has 0 amide bonds. The minimum Gasteiger partial charge on any atom is -0.456 e. The molecule has 0 heterocycles. The molecule has 0 rings (SSSR count). The molecule has 0 aromatic heterocycles. The van der Waals surface area contributed by atoms with Crippen LogP contribution in [0.5, 0.6) is 0 Å². The number of nitrogens with zero attached hydrogens (tertiary/aromatic N) is 1. The standard InChI is InChI=1S/C12H22NO2/c1-10(2)9-13(5,6)7-8-15-12(14)11(3)4/h1,3,7-9H2,2,4-6H3/q+1. The van der Waals surface area contributed by atoms with Gasteiger partial charge >= 0.3 is 5.97 Å². The van der Waals surface area contributed by atoms with Crippen LogP contribution in [-0.4, -0.2) is 44.2 Å². The zero-order valence-electron chi connectivity index (χ0n) is 10.3. The predicted molar refractivity (Wildman–Crippen MR) is 62.4 cm³/mol. The highest BCUT2D eigenvalue weighted by molar-refractivity contribution is 5.86. The molecule has 0 spiro atoms. The van der Waals surface area contributed by atoms with Gasteiger partial charge < -0.3 is 9.22 Å². The maximum absolute atomic E-state index is 11.1. The van der Waals surface area contributed by atoms with E-state index in [1.807, 2.05) is 6.92 Å². The fourth-order valence-corrected chi connectivity index (χ4v) is 1.32. The third-order valence-corrected chi connectivity index (χ3v) is 1.98. The van der Waals surface area contributed by atoms with Crippen molar-refractivity contribution in [2.45, 2.75) is 13.8 Å². The quantitative estimate of drug-likeness (QED) is 0.290. The second-order valence-electron chi connectivity index (χ2n) is 4.69. The first kappa shape index (κ1) is 13.9. The van der Waals surface area contributed by atoms with Crippen LogP contribution in [0.2, 0.25) is 0 Å². The average Bonchev–Trinajstić information content (AvgIpc) is 2.00. The van der Waals surface area contributed by atoms with Gasteiger partial charge in [-0.05, 0) is 19.4 Å². The average molecular weight is 212 g/mol. The lowest BCUT2D eigenvalue weighted by atomic mass is 10.3. The molecule has 15 heavy (non-hydrogen) atoms. The van der Waals surface area contributed by atoms with Crippen molar-refractivity contribution in [2.75, 3.05) is 33.8 Å². The molecule has 0 fully saturated rings. The summed E-state index contributed by atoms with van der Waals surface area (Å²) in [5.74, 6) is -0.315. The molecule has 86 valence electrons. The van der Waals surface area contributed by atoms with Crippen molar-refractivity contribution in [2.24, 2.45) is 0 Å². The van der Waals surface area contributed by atoms with Gasteiger partial charge in [0.15, 0.2) is 0 Å². The lowest BCUT2D eigenvalue weighted by molar-refractivity contribution is -0.885. The Morgan fingerprint density at radius 3 is 2.20 bits per heavy atom. The summed E-state index contributed by atoms with van der Waals surface area (Å²) in [5, 5.41) is 0. The van der Waals surface area contributed by atoms with Crippen LogP contribution in [-0.2, 0) is 9.53 Å². The van der Waals surface area contributed by atoms with Crippen LogP contribution in [0.15, 0.2) is 24.3 Å². The van der Waals surface area contributed by atoms with Gasteiger partial charge in [-0.25, -0.2) is 4.79 Å². The number of carbonyl (C=O) groups excluding carboxylic acids is 1. The van der Waals surface area contributed by atoms with Crippen LogP contribution >= 0.6 is 0 Å². The molecule has 0 aliphatic carbocycles. The van der Waals surface area contributed by atoms with E-state index in [-0.39, 0.29) is 5.97 Å². The van der Waals surface area contributed by atoms with Gasteiger partial charge in [-0.15, -0.1) is 0 Å². The molecule has 0 bridgehead atoms. The van der Waals surface area contributed by atoms with E-state index in [2.05, 4.69) is 27.3 Å². The summed E-state index contributed by atoms with van der Waals surface area (Å²) in [6.07, 6.45) is 0. The Hall–Kier alpha value is -1.09. The lowest BCUT2D eigenvalue weighted by Crippen LogP contribution is -2.43. The summed E-state index contributed by atoms with van der Waals surface area (Å²) in [6, 6.07) is 0. The van der Waals surface area contributed by atoms with E-state index >= 15 is 0 Å². The van der Waals surface area contributed by atoms with Crippen LogP contribution in [0, 0.1) is 0 Å². The lowest BCUT2D eigenvalue weighted by Gasteiger charge is -2.29. The van der Waals surface area contributed by atoms with Crippen molar-refractivity contribution in [3.63, 3.8) is 0 Å². The molecule has 3 heteroatoms. The number of hydrogen-bond acceptors (Lipinski definition) is 2. The van der Waals surface area contributed by atoms with Crippen molar-refractivity contribution in [3.05, 3.63) is 24.3 Å². The number of carbonyl (C=O) groups is 1. The highest BCUT2D eigenvalue weighted by Gasteiger charge is 2.15. The van der Waals surface area contributed by atoms with Gasteiger partial charge in [0.05, 0.1) is 20.6 Å². The molecule has 0 aliphatic heterocycles. The predicted octanol–water partition coefficient (Wildman–Crippen LogP) is 1.76. The Balaban J connectivity index is 3.89. The van der Waals surface area contributed by atoms with Crippen LogP contribution in [0.4, 0.5) is 0 Å². The summed E-state index contributed by atoms with van der Waals surface area (Å²) < 4.78 is 5.81. The minimum atomic E-state index is -0.315. The summed E-state index contributed by atoms with van der Waals surface area (Å²) in [4.78, 5) is 11.1. The molecular formula is C12H22NO2+. The highest BCUT2D eigenvalue weighted by atomic mass is 16.5. The van der Waals surface area contributed by atoms with E-state index in [1.54, 1.807) is 6.92 Å². The molecular weight excluding hydrogens is 190 g/mol. The van der Waals surface area contributed by atoms with Gasteiger partial charge in [0.25, 0.3) is 0 Å². The summed E-state index contributed by atoms with van der Waals surface area (Å²) in [6.45, 7) is 13.1. The third-order valence-electron chi connectivity index (χ3n) is 1.98. The molecule has 0 unspecified atom stereocenters. The van der Waals surface area contributed by atoms with Crippen LogP contribution in [0.25, 0.3) is 0 Å². The maximum Gasteiger partial charge on any atom is 0.333 e. The molecule has 3 nitrogen and oxygen atoms in total. The second kappa shape index (κ2) is 5.71. The smallest absolute Gasteiger partial charge is 0.333 e. The number of likely N-dealkylation sites (N-methyl/N-ethyl adjacent to an activating group) is 1. The van der Waals surface area contributed by atoms with Gasteiger partial charge in [0.1, 0.15) is 13.2 Å². The fraction of sp³-hybridized carbons (Fsp3) is 0.583. The van der Waals surface area contributed by atoms with Crippen LogP contribution in [0.3, 0.4) is 0 Å². The van der Waals surface area contributed by atoms with E-state index in [4.69, 9.17) is 4.74 Å². The normalized spacial score (nSPS) is 10.9. The highest BCUT2D eigenvalue weighted by Crippen LogP contribution is 2.02. The van der Waals surface area contributed by atoms with Crippen molar-refractivity contribution >= 4 is 5.97 Å². The molecule has 0 aromatic rings. The molecule has 0 radical (unpaired) electrons. The number of esters is 1. The third kappa shape index (κ3) is 6.91. The molecule has 0 atom stereocenters. The number of rotatable bonds is 6. The van der Waals surface area contributed by atoms with Crippen molar-refractivity contribution in [3.8, 4) is 0 Å². The fourth-order valence-electron chi connectivity index (χ4n) is 1.32. The zero-order valence-corrected chi connectivity index (χ0v) is 10.3. The number of ether oxygens (including phenoxy) is 1. The van der Waals surface area contributed by atoms with Crippen LogP contribution < -0.4 is 0 Å². The Morgan fingerprint density at radius 2 is 1.80 bits per heavy atom. The van der Waals surface area contributed by atoms with Crippen molar-refractivity contribution in [1.82, 2.24) is 0 Å². The first-order valence-corrected chi connectivity index (χ1v) is 5.03. The number of hydrogen-bond donors (Lipinski definition) is 0. The first-order valence-electron chi connectivity index (χ1n) is 5.03. The minimum absolute atomic E-state index is 0.315. The topological polar surface area (TPSA) is 26.3 Å². The van der Waals surface area contributed by atoms with E-state index in [1.165, 1.54) is 0 Å². The van der Waals surface area contributed by atoms with Gasteiger partial charge in [-0.1, -0.05) is 13.2 Å². The zero-order chi connectivity index (χ0) is 12.1. The Kier molecular flexibility index (Phi) is 5.29. The van der Waals surface area contributed by atoms with E-state index in [0.717, 1.165) is 23.1 Å². The molecule has 0 saturated heterocycles. The summed E-state index contributed by atoms with van der Waals surface area (Å²) in [7, 11) is 4.17. The Bertz CT molecular complexity index is 267. The summed E-state index contributed by atoms with van der Waals surface area (Å²) in [5.41, 5.74) is 1.58. The molecule has 0 N–H and O–H groups in total. The van der Waals surface area contributed by atoms with Gasteiger partial charge in [0, 0.05) is 5.57 Å². The Labute approximate surface area is 92.6 Å². The van der Waals surface area contributed by atoms with Crippen molar-refractivity contribution in [1.29, 1.82) is 0 Å². The van der Waals surface area contributed by atoms with Gasteiger partial charge in [-0.3, -0.25) is 0 Å². The van der Waals surface area contributed by atoms with Crippen molar-refractivity contribution < 1.29 is 14.0 Å². The molecule has 0 aliphatic rings. The van der Waals surface area contributed by atoms with Crippen LogP contribution in [0.1, 0.15) is 13.8 Å². The number of quaternary nitrogens is 1. The maximum atomic E-state index is 11.1.